The number of hydrogen-bond acceptors (Lipinski definition) is 8. The highest BCUT2D eigenvalue weighted by atomic mass is 35.5. The number of carbonyl (C=O) groups is 1. The molecule has 15 heteroatoms. The highest BCUT2D eigenvalue weighted by Gasteiger charge is 2.25. The monoisotopic (exact) mass is 518 g/mol. The Balaban J connectivity index is 1.64. The first-order valence-corrected chi connectivity index (χ1v) is 11.7. The number of fused-ring (bicyclic) bond motifs is 1. The van der Waals surface area contributed by atoms with Crippen molar-refractivity contribution in [3.05, 3.63) is 58.5 Å². The van der Waals surface area contributed by atoms with Crippen LogP contribution < -0.4 is 5.32 Å². The maximum atomic E-state index is 13.6. The van der Waals surface area contributed by atoms with Crippen molar-refractivity contribution in [1.82, 2.24) is 50.1 Å². The normalized spacial score (nSPS) is 12.5. The van der Waals surface area contributed by atoms with Crippen LogP contribution in [0.1, 0.15) is 54.2 Å². The van der Waals surface area contributed by atoms with E-state index < -0.39 is 24.2 Å². The number of hydrogen-bond donors (Lipinski definition) is 2. The Hall–Kier alpha value is -3.78. The zero-order chi connectivity index (χ0) is 24.5. The van der Waals surface area contributed by atoms with Crippen molar-refractivity contribution in [1.29, 1.82) is 0 Å². The number of halogens is 3. The first-order chi connectivity index (χ1) is 17.0. The van der Waals surface area contributed by atoms with E-state index in [4.69, 9.17) is 11.6 Å². The third-order valence-corrected chi connectivity index (χ3v) is 6.49. The molecule has 5 aromatic heterocycles. The van der Waals surface area contributed by atoms with Crippen LogP contribution in [0.3, 0.4) is 0 Å². The quantitative estimate of drug-likeness (QED) is 0.317. The number of amides is 1. The lowest BCUT2D eigenvalue weighted by Gasteiger charge is -2.16. The van der Waals surface area contributed by atoms with Crippen LogP contribution in [0.2, 0.25) is 4.34 Å². The average molecular weight is 519 g/mol. The molecular formula is C20H17ClF2N10OS. The number of aromatic amines is 1. The average Bonchev–Trinajstić information content (AvgIpc) is 3.64. The number of thiophene rings is 1. The number of pyridine rings is 1. The molecular weight excluding hydrogens is 502 g/mol. The first kappa shape index (κ1) is 23.0. The molecule has 1 amide bonds. The van der Waals surface area contributed by atoms with E-state index in [0.717, 1.165) is 16.0 Å². The molecule has 0 fully saturated rings. The molecule has 180 valence electrons. The maximum absolute atomic E-state index is 13.6. The van der Waals surface area contributed by atoms with Gasteiger partial charge in [-0.2, -0.15) is 4.68 Å². The number of imidazole rings is 1. The Morgan fingerprint density at radius 3 is 2.86 bits per heavy atom. The van der Waals surface area contributed by atoms with Gasteiger partial charge in [0.2, 0.25) is 5.82 Å². The van der Waals surface area contributed by atoms with Gasteiger partial charge in [-0.3, -0.25) is 9.20 Å². The lowest BCUT2D eigenvalue weighted by atomic mass is 10.1. The van der Waals surface area contributed by atoms with E-state index in [9.17, 15) is 13.6 Å². The molecule has 11 nitrogen and oxygen atoms in total. The molecule has 1 atom stereocenters. The van der Waals surface area contributed by atoms with Crippen molar-refractivity contribution in [2.45, 2.75) is 32.2 Å². The fraction of sp³-hybridized carbons (Fsp3) is 0.250. The predicted molar refractivity (Wildman–Crippen MR) is 123 cm³/mol. The fourth-order valence-corrected chi connectivity index (χ4v) is 4.73. The summed E-state index contributed by atoms with van der Waals surface area (Å²) in [5.74, 6) is -0.601. The lowest BCUT2D eigenvalue weighted by Crippen LogP contribution is -2.29. The zero-order valence-electron chi connectivity index (χ0n) is 18.1. The summed E-state index contributed by atoms with van der Waals surface area (Å²) in [6, 6.07) is 4.55. The number of aromatic nitrogens is 9. The standard InChI is InChI=1S/C20H17ClF2N10OS/c1-2-3-11(17-25-9-26-28-17)27-20(34)10-6-12(33-19(16(22)23)29-30-31-33)18-24-7-13(32(18)8-10)14-4-5-15(21)35-14/h4-9,11,16H,2-3H2,1H3,(H,27,34)(H,25,26,28)/t11-/m0/s1. The van der Waals surface area contributed by atoms with Crippen LogP contribution in [0.15, 0.2) is 36.9 Å². The smallest absolute Gasteiger partial charge is 0.299 e. The summed E-state index contributed by atoms with van der Waals surface area (Å²) >= 11 is 7.43. The SMILES string of the molecule is CCC[C@H](NC(=O)c1cc(-n2nnnc2C(F)F)c2ncc(-c3ccc(Cl)s3)n2c1)c1nnc[nH]1. The van der Waals surface area contributed by atoms with E-state index in [0.29, 0.717) is 22.3 Å². The van der Waals surface area contributed by atoms with Gasteiger partial charge in [-0.1, -0.05) is 24.9 Å². The van der Waals surface area contributed by atoms with Gasteiger partial charge in [-0.05, 0) is 35.0 Å². The Morgan fingerprint density at radius 1 is 1.31 bits per heavy atom. The van der Waals surface area contributed by atoms with Gasteiger partial charge in [-0.25, -0.2) is 13.8 Å². The van der Waals surface area contributed by atoms with E-state index in [1.165, 1.54) is 23.7 Å². The van der Waals surface area contributed by atoms with Crippen molar-refractivity contribution in [3.8, 4) is 16.3 Å². The third-order valence-electron chi connectivity index (χ3n) is 5.24. The minimum Gasteiger partial charge on any atom is -0.342 e. The molecule has 5 aromatic rings. The second-order valence-electron chi connectivity index (χ2n) is 7.49. The second-order valence-corrected chi connectivity index (χ2v) is 9.21. The summed E-state index contributed by atoms with van der Waals surface area (Å²) in [6.45, 7) is 1.98. The summed E-state index contributed by atoms with van der Waals surface area (Å²) < 4.78 is 30.3. The van der Waals surface area contributed by atoms with Gasteiger partial charge in [0.1, 0.15) is 12.0 Å². The summed E-state index contributed by atoms with van der Waals surface area (Å²) in [4.78, 5) is 21.4. The van der Waals surface area contributed by atoms with E-state index in [1.807, 2.05) is 13.0 Å². The van der Waals surface area contributed by atoms with Crippen LogP contribution >= 0.6 is 22.9 Å². The van der Waals surface area contributed by atoms with Crippen LogP contribution in [0.4, 0.5) is 8.78 Å². The number of carbonyl (C=O) groups excluding carboxylic acids is 1. The van der Waals surface area contributed by atoms with Crippen LogP contribution in [0.5, 0.6) is 0 Å². The summed E-state index contributed by atoms with van der Waals surface area (Å²) in [5, 5.41) is 21.3. The molecule has 0 aliphatic heterocycles. The largest absolute Gasteiger partial charge is 0.342 e. The Labute approximate surface area is 205 Å². The molecule has 0 spiro atoms. The van der Waals surface area contributed by atoms with Gasteiger partial charge in [0.05, 0.1) is 32.7 Å². The molecule has 5 rings (SSSR count). The Morgan fingerprint density at radius 2 is 2.17 bits per heavy atom. The molecule has 0 aliphatic rings. The number of alkyl halides is 2. The highest BCUT2D eigenvalue weighted by Crippen LogP contribution is 2.33. The molecule has 0 aromatic carbocycles. The van der Waals surface area contributed by atoms with Crippen LogP contribution in [0, 0.1) is 0 Å². The Kier molecular flexibility index (Phi) is 6.21. The maximum Gasteiger partial charge on any atom is 0.299 e. The van der Waals surface area contributed by atoms with Crippen molar-refractivity contribution >= 4 is 34.5 Å². The number of tetrazole rings is 1. The highest BCUT2D eigenvalue weighted by molar-refractivity contribution is 7.19. The summed E-state index contributed by atoms with van der Waals surface area (Å²) in [5.41, 5.74) is 1.22. The predicted octanol–water partition coefficient (Wildman–Crippen LogP) is 4.02. The molecule has 0 saturated carbocycles. The van der Waals surface area contributed by atoms with Gasteiger partial charge in [0, 0.05) is 6.20 Å². The van der Waals surface area contributed by atoms with Gasteiger partial charge < -0.3 is 10.3 Å². The van der Waals surface area contributed by atoms with E-state index in [1.54, 1.807) is 22.9 Å². The van der Waals surface area contributed by atoms with Crippen molar-refractivity contribution in [2.75, 3.05) is 0 Å². The Bertz CT molecular complexity index is 1480. The fourth-order valence-electron chi connectivity index (χ4n) is 3.68. The lowest BCUT2D eigenvalue weighted by molar-refractivity contribution is 0.0932. The van der Waals surface area contributed by atoms with Crippen LogP contribution in [0.25, 0.3) is 21.9 Å². The van der Waals surface area contributed by atoms with Crippen LogP contribution in [-0.4, -0.2) is 50.7 Å². The van der Waals surface area contributed by atoms with E-state index >= 15 is 0 Å². The van der Waals surface area contributed by atoms with Gasteiger partial charge >= 0.3 is 0 Å². The molecule has 2 N–H and O–H groups in total. The number of nitrogens with one attached hydrogen (secondary N) is 2. The number of rotatable bonds is 8. The minimum atomic E-state index is -2.94. The van der Waals surface area contributed by atoms with Crippen molar-refractivity contribution < 1.29 is 13.6 Å². The molecule has 0 unspecified atom stereocenters. The van der Waals surface area contributed by atoms with Crippen LogP contribution in [-0.2, 0) is 0 Å². The van der Waals surface area contributed by atoms with E-state index in [2.05, 4.69) is 41.0 Å². The van der Waals surface area contributed by atoms with Gasteiger partial charge in [0.15, 0.2) is 11.5 Å². The van der Waals surface area contributed by atoms with E-state index in [-0.39, 0.29) is 16.9 Å². The molecule has 5 heterocycles. The second kappa shape index (κ2) is 9.46. The summed E-state index contributed by atoms with van der Waals surface area (Å²) in [7, 11) is 0. The molecule has 0 saturated heterocycles. The molecule has 0 bridgehead atoms. The van der Waals surface area contributed by atoms with Gasteiger partial charge in [-0.15, -0.1) is 26.6 Å². The third kappa shape index (κ3) is 4.37. The number of nitrogens with zero attached hydrogens (tertiary/aromatic N) is 8. The van der Waals surface area contributed by atoms with Gasteiger partial charge in [0.25, 0.3) is 12.3 Å². The topological polar surface area (TPSA) is 132 Å². The molecule has 0 aliphatic carbocycles. The minimum absolute atomic E-state index is 0.124. The molecule has 0 radical (unpaired) electrons. The molecule has 35 heavy (non-hydrogen) atoms. The number of H-pyrrole nitrogens is 1. The van der Waals surface area contributed by atoms with Crippen molar-refractivity contribution in [3.63, 3.8) is 0 Å². The first-order valence-electron chi connectivity index (χ1n) is 10.5. The zero-order valence-corrected chi connectivity index (χ0v) is 19.6. The summed E-state index contributed by atoms with van der Waals surface area (Å²) in [6.07, 6.45) is 3.05. The van der Waals surface area contributed by atoms with Crippen molar-refractivity contribution in [2.24, 2.45) is 0 Å².